The summed E-state index contributed by atoms with van der Waals surface area (Å²) in [6.45, 7) is 1.44. The Bertz CT molecular complexity index is 785. The Morgan fingerprint density at radius 3 is 3.00 bits per heavy atom. The second kappa shape index (κ2) is 8.33. The lowest BCUT2D eigenvalue weighted by Gasteiger charge is -2.12. The number of rotatable bonds is 6. The third-order valence-electron chi connectivity index (χ3n) is 2.83. The van der Waals surface area contributed by atoms with Crippen LogP contribution in [0.15, 0.2) is 40.9 Å². The van der Waals surface area contributed by atoms with E-state index in [4.69, 9.17) is 10.00 Å². The van der Waals surface area contributed by atoms with Crippen LogP contribution >= 0.6 is 23.1 Å². The number of thioether (sulfide) groups is 1. The molecular formula is C15H13N3O4S2. The van der Waals surface area contributed by atoms with E-state index in [2.05, 4.69) is 5.32 Å². The van der Waals surface area contributed by atoms with Gasteiger partial charge < -0.3 is 15.3 Å². The van der Waals surface area contributed by atoms with Crippen molar-refractivity contribution in [1.29, 1.82) is 5.26 Å². The number of anilines is 1. The molecule has 2 rings (SSSR count). The van der Waals surface area contributed by atoms with Gasteiger partial charge in [0.2, 0.25) is 0 Å². The van der Waals surface area contributed by atoms with Gasteiger partial charge in [-0.25, -0.2) is 0 Å². The van der Waals surface area contributed by atoms with E-state index in [1.54, 1.807) is 29.6 Å². The molecule has 2 aromatic rings. The lowest BCUT2D eigenvalue weighted by molar-refractivity contribution is -0.645. The zero-order valence-corrected chi connectivity index (χ0v) is 14.2. The van der Waals surface area contributed by atoms with E-state index in [9.17, 15) is 14.8 Å². The van der Waals surface area contributed by atoms with Gasteiger partial charge in [-0.05, 0) is 36.2 Å². The summed E-state index contributed by atoms with van der Waals surface area (Å²) in [6, 6.07) is 8.40. The molecule has 0 aliphatic heterocycles. The number of nitrogens with zero attached hydrogens (tertiary/aromatic N) is 2. The number of carbonyl (C=O) groups excluding carboxylic acids is 2. The summed E-state index contributed by atoms with van der Waals surface area (Å²) in [4.78, 5) is 23.8. The molecule has 0 spiro atoms. The largest absolute Gasteiger partial charge is 0.618 e. The van der Waals surface area contributed by atoms with E-state index in [0.717, 1.165) is 11.8 Å². The highest BCUT2D eigenvalue weighted by Crippen LogP contribution is 2.22. The first-order valence-electron chi connectivity index (χ1n) is 6.80. The van der Waals surface area contributed by atoms with E-state index < -0.39 is 18.0 Å². The zero-order chi connectivity index (χ0) is 17.5. The maximum Gasteiger partial charge on any atom is 0.317 e. The average molecular weight is 363 g/mol. The van der Waals surface area contributed by atoms with E-state index in [1.807, 2.05) is 6.07 Å². The van der Waals surface area contributed by atoms with Crippen molar-refractivity contribution in [1.82, 2.24) is 0 Å². The Hall–Kier alpha value is -2.57. The highest BCUT2D eigenvalue weighted by atomic mass is 32.2. The highest BCUT2D eigenvalue weighted by Gasteiger charge is 2.20. The molecule has 1 N–H and O–H groups in total. The van der Waals surface area contributed by atoms with Crippen molar-refractivity contribution < 1.29 is 19.1 Å². The number of amides is 1. The molecule has 0 saturated heterocycles. The minimum absolute atomic E-state index is 0.0910. The lowest BCUT2D eigenvalue weighted by Crippen LogP contribution is -2.31. The third kappa shape index (κ3) is 4.71. The molecule has 0 aromatic carbocycles. The fourth-order valence-electron chi connectivity index (χ4n) is 1.65. The van der Waals surface area contributed by atoms with Crippen molar-refractivity contribution in [2.45, 2.75) is 18.1 Å². The number of nitriles is 1. The molecule has 1 unspecified atom stereocenters. The Balaban J connectivity index is 1.84. The van der Waals surface area contributed by atoms with Crippen LogP contribution in [0.2, 0.25) is 0 Å². The van der Waals surface area contributed by atoms with E-state index in [-0.39, 0.29) is 5.75 Å². The molecule has 0 radical (unpaired) electrons. The van der Waals surface area contributed by atoms with E-state index in [0.29, 0.717) is 20.3 Å². The van der Waals surface area contributed by atoms with Crippen molar-refractivity contribution in [3.63, 3.8) is 0 Å². The number of carbonyl (C=O) groups is 2. The molecule has 7 nitrogen and oxygen atoms in total. The highest BCUT2D eigenvalue weighted by molar-refractivity contribution is 7.99. The van der Waals surface area contributed by atoms with Crippen LogP contribution in [0.4, 0.5) is 5.00 Å². The second-order valence-electron chi connectivity index (χ2n) is 4.55. The van der Waals surface area contributed by atoms with Gasteiger partial charge in [0.25, 0.3) is 10.9 Å². The predicted molar refractivity (Wildman–Crippen MR) is 89.3 cm³/mol. The van der Waals surface area contributed by atoms with Crippen LogP contribution in [0.1, 0.15) is 12.5 Å². The van der Waals surface area contributed by atoms with Crippen LogP contribution < -0.4 is 10.0 Å². The molecule has 24 heavy (non-hydrogen) atoms. The van der Waals surface area contributed by atoms with Crippen molar-refractivity contribution >= 4 is 40.0 Å². The quantitative estimate of drug-likeness (QED) is 0.364. The van der Waals surface area contributed by atoms with Crippen molar-refractivity contribution in [2.75, 3.05) is 11.1 Å². The molecule has 0 aliphatic carbocycles. The van der Waals surface area contributed by atoms with Crippen molar-refractivity contribution in [3.05, 3.63) is 46.6 Å². The Labute approximate surface area is 146 Å². The third-order valence-corrected chi connectivity index (χ3v) is 4.65. The fourth-order valence-corrected chi connectivity index (χ4v) is 3.09. The summed E-state index contributed by atoms with van der Waals surface area (Å²) >= 11 is 2.23. The van der Waals surface area contributed by atoms with Crippen LogP contribution in [0, 0.1) is 16.5 Å². The molecular weight excluding hydrogens is 350 g/mol. The Morgan fingerprint density at radius 2 is 2.29 bits per heavy atom. The smallest absolute Gasteiger partial charge is 0.317 e. The minimum Gasteiger partial charge on any atom is -0.618 e. The van der Waals surface area contributed by atoms with Gasteiger partial charge in [-0.1, -0.05) is 0 Å². The predicted octanol–water partition coefficient (Wildman–Crippen LogP) is 1.92. The number of ether oxygens (including phenoxy) is 1. The van der Waals surface area contributed by atoms with Gasteiger partial charge in [-0.3, -0.25) is 9.59 Å². The van der Waals surface area contributed by atoms with Gasteiger partial charge in [0.15, 0.2) is 12.3 Å². The second-order valence-corrected chi connectivity index (χ2v) is 6.46. The molecule has 1 atom stereocenters. The summed E-state index contributed by atoms with van der Waals surface area (Å²) in [5, 5.41) is 25.4. The number of hydrogen-bond donors (Lipinski definition) is 1. The zero-order valence-electron chi connectivity index (χ0n) is 12.6. The molecule has 0 bridgehead atoms. The molecule has 2 aromatic heterocycles. The first kappa shape index (κ1) is 17.8. The van der Waals surface area contributed by atoms with Gasteiger partial charge in [0.1, 0.15) is 16.8 Å². The number of aromatic nitrogens is 1. The van der Waals surface area contributed by atoms with E-state index in [1.165, 1.54) is 24.5 Å². The summed E-state index contributed by atoms with van der Waals surface area (Å²) < 4.78 is 5.68. The molecule has 0 saturated carbocycles. The topological polar surface area (TPSA) is 106 Å². The number of pyridine rings is 1. The molecule has 124 valence electrons. The first-order valence-corrected chi connectivity index (χ1v) is 8.66. The Morgan fingerprint density at radius 1 is 1.50 bits per heavy atom. The monoisotopic (exact) mass is 363 g/mol. The van der Waals surface area contributed by atoms with Gasteiger partial charge in [-0.15, -0.1) is 11.3 Å². The summed E-state index contributed by atoms with van der Waals surface area (Å²) in [6.07, 6.45) is 0.319. The van der Waals surface area contributed by atoms with Crippen molar-refractivity contribution in [2.24, 2.45) is 0 Å². The standard InChI is InChI=1S/C15H13N3O4S2/c1-10(14(20)17-15-11(8-16)5-7-23-15)22-13(19)9-24-12-4-2-3-6-18(12)21/h2-7,10H,9H2,1H3,(H,17,20). The van der Waals surface area contributed by atoms with Crippen LogP contribution in [-0.4, -0.2) is 23.7 Å². The maximum absolute atomic E-state index is 12.0. The number of hydrogen-bond acceptors (Lipinski definition) is 7. The van der Waals surface area contributed by atoms with E-state index >= 15 is 0 Å². The molecule has 0 fully saturated rings. The normalized spacial score (nSPS) is 11.3. The lowest BCUT2D eigenvalue weighted by atomic mass is 10.3. The van der Waals surface area contributed by atoms with Gasteiger partial charge in [0, 0.05) is 12.1 Å². The summed E-state index contributed by atoms with van der Waals surface area (Å²) in [5.41, 5.74) is 0.353. The van der Waals surface area contributed by atoms with Crippen LogP contribution in [0.25, 0.3) is 0 Å². The molecule has 9 heteroatoms. The van der Waals surface area contributed by atoms with Gasteiger partial charge >= 0.3 is 5.97 Å². The van der Waals surface area contributed by atoms with Gasteiger partial charge in [-0.2, -0.15) is 9.99 Å². The SMILES string of the molecule is CC(OC(=O)CSc1cccc[n+]1[O-])C(=O)Nc1sccc1C#N. The number of esters is 1. The number of nitrogens with one attached hydrogen (secondary N) is 1. The van der Waals surface area contributed by atoms with Crippen LogP contribution in [0.3, 0.4) is 0 Å². The molecule has 0 aliphatic rings. The summed E-state index contributed by atoms with van der Waals surface area (Å²) in [7, 11) is 0. The maximum atomic E-state index is 12.0. The molecule has 1 amide bonds. The van der Waals surface area contributed by atoms with Crippen LogP contribution in [-0.2, 0) is 14.3 Å². The minimum atomic E-state index is -1.01. The average Bonchev–Trinajstić information content (AvgIpc) is 3.01. The first-order chi connectivity index (χ1) is 11.5. The van der Waals surface area contributed by atoms with Crippen LogP contribution in [0.5, 0.6) is 0 Å². The fraction of sp³-hybridized carbons (Fsp3) is 0.200. The Kier molecular flexibility index (Phi) is 6.17. The number of thiophene rings is 1. The molecule has 2 heterocycles. The summed E-state index contributed by atoms with van der Waals surface area (Å²) in [5.74, 6) is -1.23. The van der Waals surface area contributed by atoms with Gasteiger partial charge in [0.05, 0.1) is 5.56 Å². The van der Waals surface area contributed by atoms with Crippen molar-refractivity contribution in [3.8, 4) is 6.07 Å².